The molecular formula is C10H12FN5O. The van der Waals surface area contributed by atoms with Crippen LogP contribution in [0.25, 0.3) is 0 Å². The molecule has 1 unspecified atom stereocenters. The fourth-order valence-electron chi connectivity index (χ4n) is 1.51. The van der Waals surface area contributed by atoms with Crippen LogP contribution in [-0.2, 0) is 19.1 Å². The van der Waals surface area contributed by atoms with Gasteiger partial charge in [-0.05, 0) is 18.2 Å². The van der Waals surface area contributed by atoms with E-state index in [0.717, 1.165) is 6.20 Å². The highest BCUT2D eigenvalue weighted by atomic mass is 19.1. The molecular weight excluding hydrogens is 225 g/mol. The molecule has 0 aliphatic carbocycles. The van der Waals surface area contributed by atoms with Gasteiger partial charge in [0, 0.05) is 18.2 Å². The van der Waals surface area contributed by atoms with Crippen LogP contribution in [0.15, 0.2) is 18.5 Å². The van der Waals surface area contributed by atoms with Crippen molar-refractivity contribution in [3.63, 3.8) is 0 Å². The molecule has 0 spiro atoms. The van der Waals surface area contributed by atoms with E-state index in [1.165, 1.54) is 17.1 Å². The van der Waals surface area contributed by atoms with Crippen molar-refractivity contribution >= 4 is 0 Å². The molecule has 0 aliphatic rings. The summed E-state index contributed by atoms with van der Waals surface area (Å²) in [6.45, 7) is 1.56. The largest absolute Gasteiger partial charge is 0.385 e. The Morgan fingerprint density at radius 1 is 1.47 bits per heavy atom. The van der Waals surface area contributed by atoms with Crippen LogP contribution in [0.1, 0.15) is 18.3 Å². The van der Waals surface area contributed by atoms with E-state index in [1.54, 1.807) is 14.0 Å². The van der Waals surface area contributed by atoms with Gasteiger partial charge in [-0.2, -0.15) is 4.80 Å². The molecule has 0 fully saturated rings. The molecule has 17 heavy (non-hydrogen) atoms. The average Bonchev–Trinajstić information content (AvgIpc) is 2.63. The number of aryl methyl sites for hydroxylation is 1. The zero-order valence-corrected chi connectivity index (χ0v) is 9.50. The second kappa shape index (κ2) is 4.17. The Kier molecular flexibility index (Phi) is 2.84. The number of rotatable bonds is 3. The second-order valence-corrected chi connectivity index (χ2v) is 4.04. The molecule has 2 heterocycles. The van der Waals surface area contributed by atoms with Crippen LogP contribution in [0.2, 0.25) is 0 Å². The molecule has 6 nitrogen and oxygen atoms in total. The number of aliphatic hydroxyl groups is 1. The zero-order chi connectivity index (χ0) is 12.5. The predicted octanol–water partition coefficient (Wildman–Crippen LogP) is 0.194. The van der Waals surface area contributed by atoms with Crippen molar-refractivity contribution in [1.29, 1.82) is 0 Å². The van der Waals surface area contributed by atoms with Crippen molar-refractivity contribution < 1.29 is 9.50 Å². The van der Waals surface area contributed by atoms with E-state index in [2.05, 4.69) is 20.4 Å². The maximum absolute atomic E-state index is 13.0. The summed E-state index contributed by atoms with van der Waals surface area (Å²) in [5, 5.41) is 21.7. The molecule has 0 saturated carbocycles. The van der Waals surface area contributed by atoms with E-state index in [-0.39, 0.29) is 6.42 Å². The lowest BCUT2D eigenvalue weighted by Crippen LogP contribution is -2.25. The minimum atomic E-state index is -1.28. The van der Waals surface area contributed by atoms with Crippen LogP contribution < -0.4 is 0 Å². The fraction of sp³-hybridized carbons (Fsp3) is 0.400. The maximum Gasteiger partial charge on any atom is 0.178 e. The van der Waals surface area contributed by atoms with Gasteiger partial charge in [-0.25, -0.2) is 4.39 Å². The first-order valence-corrected chi connectivity index (χ1v) is 5.04. The highest BCUT2D eigenvalue weighted by Crippen LogP contribution is 2.23. The van der Waals surface area contributed by atoms with E-state index in [9.17, 15) is 9.50 Å². The van der Waals surface area contributed by atoms with Crippen molar-refractivity contribution in [3.05, 3.63) is 35.7 Å². The Morgan fingerprint density at radius 2 is 2.24 bits per heavy atom. The molecule has 0 aliphatic heterocycles. The van der Waals surface area contributed by atoms with Gasteiger partial charge in [0.2, 0.25) is 0 Å². The van der Waals surface area contributed by atoms with Gasteiger partial charge in [-0.15, -0.1) is 10.2 Å². The molecule has 2 rings (SSSR count). The maximum atomic E-state index is 13.0. The summed E-state index contributed by atoms with van der Waals surface area (Å²) < 4.78 is 13.0. The summed E-state index contributed by atoms with van der Waals surface area (Å²) in [5.74, 6) is -0.100. The molecule has 1 N–H and O–H groups in total. The molecule has 0 radical (unpaired) electrons. The van der Waals surface area contributed by atoms with Gasteiger partial charge in [-0.1, -0.05) is 0 Å². The molecule has 7 heteroatoms. The van der Waals surface area contributed by atoms with Crippen molar-refractivity contribution in [1.82, 2.24) is 25.2 Å². The molecule has 0 saturated heterocycles. The summed E-state index contributed by atoms with van der Waals surface area (Å²) in [4.78, 5) is 5.00. The zero-order valence-electron chi connectivity index (χ0n) is 9.50. The number of hydrogen-bond donors (Lipinski definition) is 1. The number of pyridine rings is 1. The first kappa shape index (κ1) is 11.6. The minimum Gasteiger partial charge on any atom is -0.385 e. The summed E-state index contributed by atoms with van der Waals surface area (Å²) in [6.07, 6.45) is 2.64. The molecule has 0 amide bonds. The molecule has 1 atom stereocenters. The van der Waals surface area contributed by atoms with Gasteiger partial charge in [0.05, 0.1) is 18.8 Å². The van der Waals surface area contributed by atoms with Gasteiger partial charge < -0.3 is 5.11 Å². The van der Waals surface area contributed by atoms with Crippen LogP contribution in [-0.4, -0.2) is 30.3 Å². The van der Waals surface area contributed by atoms with Crippen LogP contribution >= 0.6 is 0 Å². The van der Waals surface area contributed by atoms with Crippen molar-refractivity contribution in [2.75, 3.05) is 0 Å². The second-order valence-electron chi connectivity index (χ2n) is 4.04. The summed E-state index contributed by atoms with van der Waals surface area (Å²) in [6, 6.07) is 1.24. The Balaban J connectivity index is 2.24. The standard InChI is InChI=1S/C10H12FN5O/c1-10(17,4-9-13-15-16(2)14-9)7-3-8(11)6-12-5-7/h3,5-6,17H,4H2,1-2H3. The summed E-state index contributed by atoms with van der Waals surface area (Å²) >= 11 is 0. The minimum absolute atomic E-state index is 0.145. The van der Waals surface area contributed by atoms with Crippen molar-refractivity contribution in [2.45, 2.75) is 18.9 Å². The highest BCUT2D eigenvalue weighted by Gasteiger charge is 2.26. The number of hydrogen-bond acceptors (Lipinski definition) is 5. The predicted molar refractivity (Wildman–Crippen MR) is 56.3 cm³/mol. The smallest absolute Gasteiger partial charge is 0.178 e. The molecule has 0 aromatic carbocycles. The topological polar surface area (TPSA) is 76.7 Å². The normalized spacial score (nSPS) is 14.6. The van der Waals surface area contributed by atoms with Crippen molar-refractivity contribution in [3.8, 4) is 0 Å². The van der Waals surface area contributed by atoms with E-state index in [0.29, 0.717) is 11.4 Å². The monoisotopic (exact) mass is 237 g/mol. The van der Waals surface area contributed by atoms with Gasteiger partial charge in [-0.3, -0.25) is 4.98 Å². The third-order valence-corrected chi connectivity index (χ3v) is 2.38. The molecule has 2 aromatic rings. The third-order valence-electron chi connectivity index (χ3n) is 2.38. The van der Waals surface area contributed by atoms with E-state index in [1.807, 2.05) is 0 Å². The van der Waals surface area contributed by atoms with E-state index < -0.39 is 11.4 Å². The van der Waals surface area contributed by atoms with Crippen LogP contribution in [0.3, 0.4) is 0 Å². The number of aromatic nitrogens is 5. The van der Waals surface area contributed by atoms with E-state index in [4.69, 9.17) is 0 Å². The van der Waals surface area contributed by atoms with Crippen LogP contribution in [0, 0.1) is 5.82 Å². The first-order valence-electron chi connectivity index (χ1n) is 5.04. The van der Waals surface area contributed by atoms with E-state index >= 15 is 0 Å². The highest BCUT2D eigenvalue weighted by molar-refractivity contribution is 5.19. The van der Waals surface area contributed by atoms with Gasteiger partial charge in [0.25, 0.3) is 0 Å². The molecule has 2 aromatic heterocycles. The average molecular weight is 237 g/mol. The lowest BCUT2D eigenvalue weighted by molar-refractivity contribution is 0.0547. The van der Waals surface area contributed by atoms with Crippen LogP contribution in [0.4, 0.5) is 4.39 Å². The van der Waals surface area contributed by atoms with Gasteiger partial charge >= 0.3 is 0 Å². The Bertz CT molecular complexity index is 525. The molecule has 0 bridgehead atoms. The van der Waals surface area contributed by atoms with Crippen molar-refractivity contribution in [2.24, 2.45) is 7.05 Å². The Hall–Kier alpha value is -1.89. The fourth-order valence-corrected chi connectivity index (χ4v) is 1.51. The SMILES string of the molecule is Cn1nnc(CC(C)(O)c2cncc(F)c2)n1. The van der Waals surface area contributed by atoms with Crippen LogP contribution in [0.5, 0.6) is 0 Å². The lowest BCUT2D eigenvalue weighted by atomic mass is 9.94. The Labute approximate surface area is 97.1 Å². The summed E-state index contributed by atoms with van der Waals surface area (Å²) in [7, 11) is 1.63. The number of nitrogens with zero attached hydrogens (tertiary/aromatic N) is 5. The van der Waals surface area contributed by atoms with Gasteiger partial charge in [0.15, 0.2) is 5.82 Å². The quantitative estimate of drug-likeness (QED) is 0.824. The Morgan fingerprint density at radius 3 is 2.82 bits per heavy atom. The lowest BCUT2D eigenvalue weighted by Gasteiger charge is -2.21. The number of tetrazole rings is 1. The number of halogens is 1. The third kappa shape index (κ3) is 2.62. The van der Waals surface area contributed by atoms with Gasteiger partial charge in [0.1, 0.15) is 5.82 Å². The molecule has 90 valence electrons. The first-order chi connectivity index (χ1) is 7.97. The summed E-state index contributed by atoms with van der Waals surface area (Å²) in [5.41, 5.74) is -0.900.